The van der Waals surface area contributed by atoms with E-state index in [1.807, 2.05) is 11.8 Å². The number of hydrogen-bond acceptors (Lipinski definition) is 4. The largest absolute Gasteiger partial charge is 0.463 e. The Bertz CT molecular complexity index is 768. The number of ether oxygens (including phenoxy) is 2. The smallest absolute Gasteiger partial charge is 0.158 e. The zero-order valence-electron chi connectivity index (χ0n) is 18.6. The van der Waals surface area contributed by atoms with E-state index < -0.39 is 0 Å². The van der Waals surface area contributed by atoms with Gasteiger partial charge in [0.05, 0.1) is 0 Å². The predicted octanol–water partition coefficient (Wildman–Crippen LogP) is 8.49. The Hall–Kier alpha value is -0.760. The van der Waals surface area contributed by atoms with Gasteiger partial charge in [-0.25, -0.2) is 0 Å². The normalized spacial score (nSPS) is 18.3. The lowest BCUT2D eigenvalue weighted by Crippen LogP contribution is -2.24. The Morgan fingerprint density at radius 3 is 2.84 bits per heavy atom. The molecule has 2 unspecified atom stereocenters. The highest BCUT2D eigenvalue weighted by molar-refractivity contribution is 14.1. The summed E-state index contributed by atoms with van der Waals surface area (Å²) in [5.41, 5.74) is 0. The van der Waals surface area contributed by atoms with Gasteiger partial charge in [-0.05, 0) is 89.0 Å². The minimum absolute atomic E-state index is 0.0528. The van der Waals surface area contributed by atoms with Crippen LogP contribution in [-0.4, -0.2) is 18.6 Å². The summed E-state index contributed by atoms with van der Waals surface area (Å²) >= 11 is 4.34. The molecular formula is C26H35IO3S. The van der Waals surface area contributed by atoms with Crippen molar-refractivity contribution in [2.24, 2.45) is 0 Å². The fourth-order valence-electron chi connectivity index (χ4n) is 3.65. The monoisotopic (exact) mass is 554 g/mol. The Kier molecular flexibility index (Phi) is 11.6. The summed E-state index contributed by atoms with van der Waals surface area (Å²) in [5.74, 6) is 3.01. The first-order valence-corrected chi connectivity index (χ1v) is 13.7. The SMILES string of the molecule is CCCCCc1ccc(C(CC/C(I)=C/CSc2ccccc2)OC2CCCCO2)o1. The van der Waals surface area contributed by atoms with E-state index in [2.05, 4.69) is 78.1 Å². The summed E-state index contributed by atoms with van der Waals surface area (Å²) in [4.78, 5) is 1.31. The van der Waals surface area contributed by atoms with Gasteiger partial charge in [0.25, 0.3) is 0 Å². The lowest BCUT2D eigenvalue weighted by atomic mass is 10.1. The van der Waals surface area contributed by atoms with Gasteiger partial charge in [0, 0.05) is 23.7 Å². The molecule has 1 aliphatic heterocycles. The molecule has 0 spiro atoms. The van der Waals surface area contributed by atoms with E-state index in [9.17, 15) is 0 Å². The molecule has 5 heteroatoms. The number of halogens is 1. The average molecular weight is 555 g/mol. The van der Waals surface area contributed by atoms with E-state index in [4.69, 9.17) is 13.9 Å². The highest BCUT2D eigenvalue weighted by Gasteiger charge is 2.23. The van der Waals surface area contributed by atoms with Crippen LogP contribution in [0.1, 0.15) is 75.9 Å². The third-order valence-electron chi connectivity index (χ3n) is 5.42. The number of allylic oxidation sites excluding steroid dienone is 1. The van der Waals surface area contributed by atoms with Crippen LogP contribution in [0.25, 0.3) is 0 Å². The number of thioether (sulfide) groups is 1. The number of hydrogen-bond donors (Lipinski definition) is 0. The van der Waals surface area contributed by atoms with Gasteiger partial charge in [0.15, 0.2) is 6.29 Å². The van der Waals surface area contributed by atoms with Crippen LogP contribution in [0.5, 0.6) is 0 Å². The molecule has 0 radical (unpaired) electrons. The van der Waals surface area contributed by atoms with Crippen LogP contribution < -0.4 is 0 Å². The molecule has 2 aromatic rings. The van der Waals surface area contributed by atoms with Crippen LogP contribution in [0.3, 0.4) is 0 Å². The van der Waals surface area contributed by atoms with Gasteiger partial charge >= 0.3 is 0 Å². The molecule has 31 heavy (non-hydrogen) atoms. The maximum absolute atomic E-state index is 6.39. The van der Waals surface area contributed by atoms with E-state index in [-0.39, 0.29) is 12.4 Å². The quantitative estimate of drug-likeness (QED) is 0.141. The van der Waals surface area contributed by atoms with Crippen molar-refractivity contribution in [3.63, 3.8) is 0 Å². The van der Waals surface area contributed by atoms with Gasteiger partial charge < -0.3 is 13.9 Å². The molecule has 0 aliphatic carbocycles. The molecular weight excluding hydrogens is 519 g/mol. The third kappa shape index (κ3) is 9.32. The molecule has 1 aromatic heterocycles. The Morgan fingerprint density at radius 1 is 1.19 bits per heavy atom. The molecule has 1 saturated heterocycles. The van der Waals surface area contributed by atoms with E-state index in [0.717, 1.165) is 56.0 Å². The number of benzene rings is 1. The second kappa shape index (κ2) is 14.4. The van der Waals surface area contributed by atoms with Crippen molar-refractivity contribution in [3.05, 3.63) is 63.6 Å². The van der Waals surface area contributed by atoms with Crippen LogP contribution in [0.2, 0.25) is 0 Å². The van der Waals surface area contributed by atoms with Crippen LogP contribution in [0.4, 0.5) is 0 Å². The summed E-state index contributed by atoms with van der Waals surface area (Å²) in [6.07, 6.45) is 12.0. The number of rotatable bonds is 13. The predicted molar refractivity (Wildman–Crippen MR) is 138 cm³/mol. The van der Waals surface area contributed by atoms with Crippen LogP contribution in [0.15, 0.2) is 61.4 Å². The van der Waals surface area contributed by atoms with E-state index >= 15 is 0 Å². The molecule has 2 atom stereocenters. The van der Waals surface area contributed by atoms with E-state index in [1.165, 1.54) is 34.2 Å². The first-order valence-electron chi connectivity index (χ1n) is 11.6. The zero-order valence-corrected chi connectivity index (χ0v) is 21.5. The summed E-state index contributed by atoms with van der Waals surface area (Å²) in [5, 5.41) is 0. The second-order valence-electron chi connectivity index (χ2n) is 8.00. The van der Waals surface area contributed by atoms with Crippen molar-refractivity contribution in [2.45, 2.75) is 82.0 Å². The molecule has 0 N–H and O–H groups in total. The highest BCUT2D eigenvalue weighted by Crippen LogP contribution is 2.32. The molecule has 0 bridgehead atoms. The van der Waals surface area contributed by atoms with Gasteiger partial charge in [-0.2, -0.15) is 0 Å². The third-order valence-corrected chi connectivity index (χ3v) is 7.34. The van der Waals surface area contributed by atoms with Crippen LogP contribution >= 0.6 is 34.4 Å². The lowest BCUT2D eigenvalue weighted by Gasteiger charge is -2.27. The maximum atomic E-state index is 6.39. The number of unbranched alkanes of at least 4 members (excludes halogenated alkanes) is 2. The molecule has 1 aliphatic rings. The van der Waals surface area contributed by atoms with Crippen molar-refractivity contribution in [1.29, 1.82) is 0 Å². The van der Waals surface area contributed by atoms with E-state index in [1.54, 1.807) is 0 Å². The minimum Gasteiger partial charge on any atom is -0.463 e. The Morgan fingerprint density at radius 2 is 2.06 bits per heavy atom. The maximum Gasteiger partial charge on any atom is 0.158 e. The van der Waals surface area contributed by atoms with Gasteiger partial charge in [0.1, 0.15) is 17.6 Å². The minimum atomic E-state index is -0.109. The highest BCUT2D eigenvalue weighted by atomic mass is 127. The van der Waals surface area contributed by atoms with Gasteiger partial charge in [-0.3, -0.25) is 0 Å². The topological polar surface area (TPSA) is 31.6 Å². The Balaban J connectivity index is 1.54. The van der Waals surface area contributed by atoms with Gasteiger partial charge in [-0.15, -0.1) is 11.8 Å². The summed E-state index contributed by atoms with van der Waals surface area (Å²) in [6, 6.07) is 14.8. The summed E-state index contributed by atoms with van der Waals surface area (Å²) in [7, 11) is 0. The molecule has 3 rings (SSSR count). The summed E-state index contributed by atoms with van der Waals surface area (Å²) in [6.45, 7) is 3.03. The molecule has 0 amide bonds. The average Bonchev–Trinajstić information content (AvgIpc) is 3.27. The summed E-state index contributed by atoms with van der Waals surface area (Å²) < 4.78 is 19.8. The zero-order chi connectivity index (χ0) is 21.7. The van der Waals surface area contributed by atoms with Crippen molar-refractivity contribution in [2.75, 3.05) is 12.4 Å². The van der Waals surface area contributed by atoms with Crippen LogP contribution in [0, 0.1) is 0 Å². The van der Waals surface area contributed by atoms with Crippen molar-refractivity contribution in [3.8, 4) is 0 Å². The number of aryl methyl sites for hydroxylation is 1. The number of furan rings is 1. The molecule has 2 heterocycles. The fraction of sp³-hybridized carbons (Fsp3) is 0.538. The lowest BCUT2D eigenvalue weighted by molar-refractivity contribution is -0.194. The standard InChI is InChI=1S/C26H35IO3S/c1-2-3-5-10-22-15-17-24(29-22)25(30-26-13-8-9-19-28-26)16-14-21(27)18-20-31-23-11-6-4-7-12-23/h4,6-7,11-12,15,17-18,25-26H,2-3,5,8-10,13-14,16,19-20H2,1H3/b21-18-. The molecule has 3 nitrogen and oxygen atoms in total. The van der Waals surface area contributed by atoms with E-state index in [0.29, 0.717) is 0 Å². The fourth-order valence-corrected chi connectivity index (χ4v) is 5.30. The molecule has 1 aromatic carbocycles. The first-order chi connectivity index (χ1) is 15.2. The van der Waals surface area contributed by atoms with Gasteiger partial charge in [-0.1, -0.05) is 44.0 Å². The molecule has 170 valence electrons. The van der Waals surface area contributed by atoms with Crippen molar-refractivity contribution < 1.29 is 13.9 Å². The Labute approximate surface area is 205 Å². The first kappa shape index (κ1) is 24.9. The second-order valence-corrected chi connectivity index (χ2v) is 10.5. The molecule has 0 saturated carbocycles. The van der Waals surface area contributed by atoms with Gasteiger partial charge in [0.2, 0.25) is 0 Å². The van der Waals surface area contributed by atoms with Crippen LogP contribution in [-0.2, 0) is 15.9 Å². The van der Waals surface area contributed by atoms with Crippen molar-refractivity contribution >= 4 is 34.4 Å². The molecule has 1 fully saturated rings. The van der Waals surface area contributed by atoms with Crippen molar-refractivity contribution in [1.82, 2.24) is 0 Å².